The molecule has 2 nitrogen and oxygen atoms in total. The molecule has 0 aromatic carbocycles. The topological polar surface area (TPSA) is 20.1 Å². The summed E-state index contributed by atoms with van der Waals surface area (Å²) < 4.78 is 12.8. The van der Waals surface area contributed by atoms with Crippen molar-refractivity contribution in [2.75, 3.05) is 6.54 Å². The van der Waals surface area contributed by atoms with Crippen LogP contribution in [-0.4, -0.2) is 20.4 Å². The monoisotopic (exact) mass is 131 g/mol. The Kier molecular flexibility index (Phi) is 0.954. The number of rotatable bonds is 0. The minimum atomic E-state index is -0.541. The zero-order valence-corrected chi connectivity index (χ0v) is 5.49. The fraction of sp³-hybridized carbons (Fsp3) is 1.00. The van der Waals surface area contributed by atoms with Crippen molar-refractivity contribution in [3.8, 4) is 0 Å². The molecule has 0 aliphatic carbocycles. The van der Waals surface area contributed by atoms with Crippen LogP contribution in [0.2, 0.25) is 0 Å². The molecule has 0 N–H and O–H groups in total. The van der Waals surface area contributed by atoms with E-state index in [9.17, 15) is 4.21 Å². The molecule has 2 heterocycles. The quantitative estimate of drug-likeness (QED) is 0.438. The van der Waals surface area contributed by atoms with Gasteiger partial charge in [-0.05, 0) is 19.3 Å². The van der Waals surface area contributed by atoms with Gasteiger partial charge in [-0.3, -0.25) is 0 Å². The third kappa shape index (κ3) is 0.545. The van der Waals surface area contributed by atoms with Crippen LogP contribution in [0.1, 0.15) is 19.3 Å². The van der Waals surface area contributed by atoms with Crippen LogP contribution in [0.3, 0.4) is 0 Å². The van der Waals surface area contributed by atoms with Crippen molar-refractivity contribution in [1.29, 1.82) is 0 Å². The standard InChI is InChI=1S/C5H9NOS/c7-8-5-3-1-2-4-6(5)8/h5H,1-4H2. The molecule has 3 heteroatoms. The van der Waals surface area contributed by atoms with Gasteiger partial charge in [-0.25, -0.2) is 8.51 Å². The van der Waals surface area contributed by atoms with Crippen LogP contribution in [0, 0.1) is 0 Å². The summed E-state index contributed by atoms with van der Waals surface area (Å²) in [6.45, 7) is 1.08. The van der Waals surface area contributed by atoms with E-state index >= 15 is 0 Å². The van der Waals surface area contributed by atoms with Crippen LogP contribution >= 0.6 is 0 Å². The third-order valence-corrected chi connectivity index (χ3v) is 3.46. The molecule has 46 valence electrons. The van der Waals surface area contributed by atoms with Crippen molar-refractivity contribution in [3.05, 3.63) is 0 Å². The van der Waals surface area contributed by atoms with E-state index in [1.807, 2.05) is 0 Å². The largest absolute Gasteiger partial charge is 0.241 e. The first-order valence-electron chi connectivity index (χ1n) is 3.07. The summed E-state index contributed by atoms with van der Waals surface area (Å²) in [6, 6.07) is 0. The number of piperidine rings is 1. The van der Waals surface area contributed by atoms with Gasteiger partial charge in [0.15, 0.2) is 0 Å². The summed E-state index contributed by atoms with van der Waals surface area (Å²) in [7, 11) is -0.541. The van der Waals surface area contributed by atoms with Gasteiger partial charge < -0.3 is 0 Å². The van der Waals surface area contributed by atoms with Crippen LogP contribution in [-0.2, 0) is 11.0 Å². The molecule has 3 atom stereocenters. The first-order valence-corrected chi connectivity index (χ1v) is 4.24. The van der Waals surface area contributed by atoms with Crippen molar-refractivity contribution in [2.24, 2.45) is 0 Å². The molecular weight excluding hydrogens is 122 g/mol. The molecule has 3 unspecified atom stereocenters. The van der Waals surface area contributed by atoms with Gasteiger partial charge in [-0.1, -0.05) is 0 Å². The molecule has 2 fully saturated rings. The van der Waals surface area contributed by atoms with Gasteiger partial charge in [0.25, 0.3) is 0 Å². The summed E-state index contributed by atoms with van der Waals surface area (Å²) in [4.78, 5) is 0. The second-order valence-electron chi connectivity index (χ2n) is 2.37. The number of nitrogens with zero attached hydrogens (tertiary/aromatic N) is 1. The number of hydrogen-bond acceptors (Lipinski definition) is 1. The third-order valence-electron chi connectivity index (χ3n) is 1.82. The van der Waals surface area contributed by atoms with Crippen LogP contribution in [0.15, 0.2) is 0 Å². The number of fused-ring (bicyclic) bond motifs is 1. The summed E-state index contributed by atoms with van der Waals surface area (Å²) >= 11 is 0. The predicted molar refractivity (Wildman–Crippen MR) is 32.5 cm³/mol. The maximum absolute atomic E-state index is 10.8. The van der Waals surface area contributed by atoms with E-state index in [-0.39, 0.29) is 0 Å². The van der Waals surface area contributed by atoms with Crippen LogP contribution in [0.4, 0.5) is 0 Å². The molecule has 0 bridgehead atoms. The lowest BCUT2D eigenvalue weighted by molar-refractivity contribution is 0.422. The highest BCUT2D eigenvalue weighted by Crippen LogP contribution is 2.34. The smallest absolute Gasteiger partial charge is 0.114 e. The molecule has 0 amide bonds. The molecule has 0 aromatic heterocycles. The molecule has 2 rings (SSSR count). The van der Waals surface area contributed by atoms with Crippen LogP contribution in [0.5, 0.6) is 0 Å². The molecule has 0 saturated carbocycles. The average molecular weight is 131 g/mol. The molecular formula is C5H9NOS. The molecule has 0 spiro atoms. The minimum absolute atomic E-state index is 0.476. The maximum atomic E-state index is 10.8. The van der Waals surface area contributed by atoms with E-state index in [1.54, 1.807) is 0 Å². The van der Waals surface area contributed by atoms with Crippen molar-refractivity contribution >= 4 is 11.0 Å². The first-order chi connectivity index (χ1) is 3.89. The Hall–Kier alpha value is 0.110. The number of hydrogen-bond donors (Lipinski definition) is 0. The maximum Gasteiger partial charge on any atom is 0.114 e. The van der Waals surface area contributed by atoms with Crippen LogP contribution < -0.4 is 0 Å². The summed E-state index contributed by atoms with van der Waals surface area (Å²) in [5, 5.41) is 0.476. The Labute approximate surface area is 51.5 Å². The Bertz CT molecular complexity index is 122. The van der Waals surface area contributed by atoms with Crippen molar-refractivity contribution in [2.45, 2.75) is 24.6 Å². The van der Waals surface area contributed by atoms with Crippen LogP contribution in [0.25, 0.3) is 0 Å². The van der Waals surface area contributed by atoms with Gasteiger partial charge in [-0.2, -0.15) is 0 Å². The molecule has 0 radical (unpaired) electrons. The highest BCUT2D eigenvalue weighted by atomic mass is 32.2. The zero-order chi connectivity index (χ0) is 5.56. The van der Waals surface area contributed by atoms with Gasteiger partial charge >= 0.3 is 0 Å². The molecule has 8 heavy (non-hydrogen) atoms. The lowest BCUT2D eigenvalue weighted by Crippen LogP contribution is -2.09. The second-order valence-corrected chi connectivity index (χ2v) is 3.93. The average Bonchev–Trinajstić information content (AvgIpc) is 2.46. The molecule has 0 aromatic rings. The Morgan fingerprint density at radius 3 is 2.88 bits per heavy atom. The Morgan fingerprint density at radius 1 is 1.50 bits per heavy atom. The fourth-order valence-electron chi connectivity index (χ4n) is 1.27. The predicted octanol–water partition coefficient (Wildman–Crippen LogP) is 0.476. The van der Waals surface area contributed by atoms with Gasteiger partial charge in [0, 0.05) is 6.54 Å². The fourth-order valence-corrected chi connectivity index (χ4v) is 2.68. The summed E-state index contributed by atoms with van der Waals surface area (Å²) in [5.74, 6) is 0. The van der Waals surface area contributed by atoms with Crippen molar-refractivity contribution in [3.63, 3.8) is 0 Å². The van der Waals surface area contributed by atoms with Gasteiger partial charge in [0.05, 0.1) is 0 Å². The minimum Gasteiger partial charge on any atom is -0.241 e. The van der Waals surface area contributed by atoms with E-state index in [2.05, 4.69) is 4.31 Å². The van der Waals surface area contributed by atoms with Gasteiger partial charge in [0.1, 0.15) is 16.4 Å². The Balaban J connectivity index is 2.07. The highest BCUT2D eigenvalue weighted by molar-refractivity contribution is 7.89. The second kappa shape index (κ2) is 1.54. The molecule has 2 saturated heterocycles. The first kappa shape index (κ1) is 4.94. The van der Waals surface area contributed by atoms with Gasteiger partial charge in [-0.15, -0.1) is 0 Å². The van der Waals surface area contributed by atoms with E-state index in [0.29, 0.717) is 5.37 Å². The zero-order valence-electron chi connectivity index (χ0n) is 4.67. The SMILES string of the molecule is O=S1C2CCCCN21. The lowest BCUT2D eigenvalue weighted by atomic mass is 10.2. The van der Waals surface area contributed by atoms with E-state index in [1.165, 1.54) is 19.3 Å². The van der Waals surface area contributed by atoms with Crippen molar-refractivity contribution < 1.29 is 4.21 Å². The van der Waals surface area contributed by atoms with Gasteiger partial charge in [0.2, 0.25) is 0 Å². The highest BCUT2D eigenvalue weighted by Gasteiger charge is 2.45. The summed E-state index contributed by atoms with van der Waals surface area (Å²) in [5.41, 5.74) is 0. The Morgan fingerprint density at radius 2 is 2.38 bits per heavy atom. The van der Waals surface area contributed by atoms with E-state index in [0.717, 1.165) is 6.54 Å². The lowest BCUT2D eigenvalue weighted by Gasteiger charge is -2.04. The summed E-state index contributed by atoms with van der Waals surface area (Å²) in [6.07, 6.45) is 3.71. The normalized spacial score (nSPS) is 52.8. The molecule has 2 aliphatic rings. The molecule has 2 aliphatic heterocycles. The van der Waals surface area contributed by atoms with E-state index < -0.39 is 11.0 Å². The van der Waals surface area contributed by atoms with Crippen molar-refractivity contribution in [1.82, 2.24) is 4.31 Å². The van der Waals surface area contributed by atoms with E-state index in [4.69, 9.17) is 0 Å².